The zero-order valence-electron chi connectivity index (χ0n) is 14.2. The summed E-state index contributed by atoms with van der Waals surface area (Å²) in [5.74, 6) is 5.67. The lowest BCUT2D eigenvalue weighted by atomic mass is 10.1. The van der Waals surface area contributed by atoms with E-state index in [2.05, 4.69) is 37.0 Å². The van der Waals surface area contributed by atoms with E-state index in [1.165, 1.54) is 6.20 Å². The molecule has 0 spiro atoms. The van der Waals surface area contributed by atoms with Gasteiger partial charge in [0, 0.05) is 25.3 Å². The Hall–Kier alpha value is -3.08. The Kier molecular flexibility index (Phi) is 4.57. The summed E-state index contributed by atoms with van der Waals surface area (Å²) in [4.78, 5) is 37.3. The van der Waals surface area contributed by atoms with Crippen molar-refractivity contribution < 1.29 is 9.59 Å². The highest BCUT2D eigenvalue weighted by atomic mass is 16.1. The largest absolute Gasteiger partial charge is 0.365 e. The van der Waals surface area contributed by atoms with Crippen LogP contribution in [0, 0.1) is 18.8 Å². The zero-order chi connectivity index (χ0) is 18.0. The van der Waals surface area contributed by atoms with Crippen LogP contribution in [0.4, 0.5) is 5.82 Å². The first-order chi connectivity index (χ1) is 12.0. The summed E-state index contributed by atoms with van der Waals surface area (Å²) in [6.07, 6.45) is 3.27. The fourth-order valence-electron chi connectivity index (χ4n) is 3.14. The molecule has 0 saturated carbocycles. The third kappa shape index (κ3) is 3.40. The number of amides is 2. The number of nitrogens with zero attached hydrogens (tertiary/aromatic N) is 3. The highest BCUT2D eigenvalue weighted by Gasteiger charge is 2.25. The summed E-state index contributed by atoms with van der Waals surface area (Å²) in [6, 6.07) is -0.00112. The second-order valence-electron chi connectivity index (χ2n) is 6.04. The summed E-state index contributed by atoms with van der Waals surface area (Å²) in [6.45, 7) is 4.88. The fraction of sp³-hybridized carbons (Fsp3) is 0.412. The molecule has 8 nitrogen and oxygen atoms in total. The van der Waals surface area contributed by atoms with E-state index >= 15 is 0 Å². The molecule has 2 amide bonds. The third-order valence-electron chi connectivity index (χ3n) is 4.18. The molecule has 1 unspecified atom stereocenters. The molecule has 8 heteroatoms. The fourth-order valence-corrected chi connectivity index (χ4v) is 3.14. The van der Waals surface area contributed by atoms with Crippen LogP contribution in [0.25, 0.3) is 11.0 Å². The van der Waals surface area contributed by atoms with Gasteiger partial charge in [-0.3, -0.25) is 9.59 Å². The van der Waals surface area contributed by atoms with Crippen LogP contribution in [0.3, 0.4) is 0 Å². The van der Waals surface area contributed by atoms with Gasteiger partial charge in [-0.15, -0.1) is 0 Å². The number of anilines is 1. The average Bonchev–Trinajstić information content (AvgIpc) is 2.95. The van der Waals surface area contributed by atoms with Crippen LogP contribution in [-0.2, 0) is 4.79 Å². The normalized spacial score (nSPS) is 17.0. The Labute approximate surface area is 145 Å². The van der Waals surface area contributed by atoms with E-state index in [1.807, 2.05) is 6.92 Å². The Morgan fingerprint density at radius 1 is 1.48 bits per heavy atom. The second kappa shape index (κ2) is 6.81. The van der Waals surface area contributed by atoms with Gasteiger partial charge in [-0.2, -0.15) is 0 Å². The van der Waals surface area contributed by atoms with E-state index in [-0.39, 0.29) is 11.9 Å². The van der Waals surface area contributed by atoms with Crippen molar-refractivity contribution in [2.24, 2.45) is 5.73 Å². The van der Waals surface area contributed by atoms with Crippen molar-refractivity contribution in [1.82, 2.24) is 20.3 Å². The summed E-state index contributed by atoms with van der Waals surface area (Å²) in [7, 11) is 0. The van der Waals surface area contributed by atoms with Crippen molar-refractivity contribution >= 4 is 28.7 Å². The molecule has 3 heterocycles. The van der Waals surface area contributed by atoms with Crippen LogP contribution in [0.2, 0.25) is 0 Å². The molecule has 1 aliphatic heterocycles. The highest BCUT2D eigenvalue weighted by Crippen LogP contribution is 2.27. The van der Waals surface area contributed by atoms with Crippen LogP contribution in [0.5, 0.6) is 0 Å². The highest BCUT2D eigenvalue weighted by molar-refractivity contribution is 6.06. The van der Waals surface area contributed by atoms with E-state index in [0.29, 0.717) is 34.8 Å². The van der Waals surface area contributed by atoms with Crippen molar-refractivity contribution in [3.8, 4) is 11.8 Å². The van der Waals surface area contributed by atoms with Gasteiger partial charge in [0.1, 0.15) is 16.9 Å². The molecule has 2 aromatic rings. The van der Waals surface area contributed by atoms with Gasteiger partial charge >= 0.3 is 0 Å². The smallest absolute Gasteiger partial charge is 0.296 e. The predicted molar refractivity (Wildman–Crippen MR) is 94.0 cm³/mol. The van der Waals surface area contributed by atoms with Gasteiger partial charge in [0.15, 0.2) is 5.82 Å². The lowest BCUT2D eigenvalue weighted by molar-refractivity contribution is -0.116. The Balaban J connectivity index is 1.90. The molecule has 1 atom stereocenters. The Morgan fingerprint density at radius 3 is 3.00 bits per heavy atom. The first-order valence-corrected chi connectivity index (χ1v) is 8.13. The lowest BCUT2D eigenvalue weighted by Crippen LogP contribution is -2.47. The lowest BCUT2D eigenvalue weighted by Gasteiger charge is -2.33. The maximum Gasteiger partial charge on any atom is 0.296 e. The molecule has 1 aliphatic rings. The number of fused-ring (bicyclic) bond motifs is 1. The molecular formula is C17H20N6O2. The average molecular weight is 340 g/mol. The number of nitrogens with two attached hydrogens (primary N) is 1. The van der Waals surface area contributed by atoms with Gasteiger partial charge in [-0.1, -0.05) is 5.92 Å². The van der Waals surface area contributed by atoms with Crippen molar-refractivity contribution in [3.05, 3.63) is 17.6 Å². The molecule has 0 bridgehead atoms. The number of hydrogen-bond acceptors (Lipinski definition) is 5. The summed E-state index contributed by atoms with van der Waals surface area (Å²) in [5.41, 5.74) is 6.93. The van der Waals surface area contributed by atoms with Gasteiger partial charge in [0.05, 0.1) is 5.56 Å². The van der Waals surface area contributed by atoms with Crippen LogP contribution >= 0.6 is 0 Å². The van der Waals surface area contributed by atoms with Crippen LogP contribution in [0.15, 0.2) is 6.20 Å². The first-order valence-electron chi connectivity index (χ1n) is 8.13. The summed E-state index contributed by atoms with van der Waals surface area (Å²) in [5, 5.41) is 2.92. The van der Waals surface area contributed by atoms with E-state index in [4.69, 9.17) is 5.73 Å². The van der Waals surface area contributed by atoms with Crippen molar-refractivity contribution in [1.29, 1.82) is 0 Å². The number of aromatic amines is 1. The van der Waals surface area contributed by atoms with Gasteiger partial charge in [0.2, 0.25) is 0 Å². The van der Waals surface area contributed by atoms with Gasteiger partial charge in [0.25, 0.3) is 11.8 Å². The SMILES string of the molecule is CC#CC(=O)NC1CCCN(c2ncc(C(N)=O)c3nc(C)[nH]c23)C1. The number of rotatable bonds is 3. The molecular weight excluding hydrogens is 320 g/mol. The number of hydrogen-bond donors (Lipinski definition) is 3. The molecule has 0 radical (unpaired) electrons. The molecule has 1 saturated heterocycles. The number of aromatic nitrogens is 3. The molecule has 2 aromatic heterocycles. The third-order valence-corrected chi connectivity index (χ3v) is 4.18. The van der Waals surface area contributed by atoms with E-state index in [9.17, 15) is 9.59 Å². The molecule has 130 valence electrons. The molecule has 1 fully saturated rings. The van der Waals surface area contributed by atoms with Gasteiger partial charge in [-0.25, -0.2) is 9.97 Å². The maximum atomic E-state index is 11.7. The minimum absolute atomic E-state index is 0.00112. The number of aryl methyl sites for hydroxylation is 1. The van der Waals surface area contributed by atoms with Gasteiger partial charge < -0.3 is 20.9 Å². The van der Waals surface area contributed by atoms with E-state index in [1.54, 1.807) is 6.92 Å². The number of H-pyrrole nitrogens is 1. The molecule has 25 heavy (non-hydrogen) atoms. The molecule has 0 aliphatic carbocycles. The number of carbonyl (C=O) groups is 2. The summed E-state index contributed by atoms with van der Waals surface area (Å²) >= 11 is 0. The standard InChI is InChI=1S/C17H20N6O2/c1-3-5-13(24)22-11-6-4-7-23(9-11)17-15-14(20-10(2)21-15)12(8-19-17)16(18)25/h8,11H,4,6-7,9H2,1-2H3,(H2,18,25)(H,20,21)(H,22,24). The maximum absolute atomic E-state index is 11.7. The van der Waals surface area contributed by atoms with Gasteiger partial charge in [-0.05, 0) is 32.6 Å². The Bertz CT molecular complexity index is 892. The molecule has 3 rings (SSSR count). The van der Waals surface area contributed by atoms with Crippen LogP contribution in [-0.4, -0.2) is 45.9 Å². The molecule has 0 aromatic carbocycles. The monoisotopic (exact) mass is 340 g/mol. The van der Waals surface area contributed by atoms with E-state index < -0.39 is 5.91 Å². The van der Waals surface area contributed by atoms with E-state index in [0.717, 1.165) is 19.4 Å². The first kappa shape index (κ1) is 16.8. The van der Waals surface area contributed by atoms with Crippen LogP contribution in [0.1, 0.15) is 35.9 Å². The number of imidazole rings is 1. The number of nitrogens with one attached hydrogen (secondary N) is 2. The zero-order valence-corrected chi connectivity index (χ0v) is 14.2. The molecule has 4 N–H and O–H groups in total. The number of carbonyl (C=O) groups excluding carboxylic acids is 2. The minimum atomic E-state index is -0.558. The minimum Gasteiger partial charge on any atom is -0.365 e. The Morgan fingerprint density at radius 2 is 2.28 bits per heavy atom. The van der Waals surface area contributed by atoms with Crippen molar-refractivity contribution in [2.75, 3.05) is 18.0 Å². The number of primary amides is 1. The number of piperidine rings is 1. The van der Waals surface area contributed by atoms with Crippen molar-refractivity contribution in [3.63, 3.8) is 0 Å². The van der Waals surface area contributed by atoms with Crippen LogP contribution < -0.4 is 16.0 Å². The second-order valence-corrected chi connectivity index (χ2v) is 6.04. The summed E-state index contributed by atoms with van der Waals surface area (Å²) < 4.78 is 0. The van der Waals surface area contributed by atoms with Crippen molar-refractivity contribution in [2.45, 2.75) is 32.7 Å². The quantitative estimate of drug-likeness (QED) is 0.702. The predicted octanol–water partition coefficient (Wildman–Crippen LogP) is 0.474. The number of pyridine rings is 1. The topological polar surface area (TPSA) is 117 Å².